The molecule has 0 fully saturated rings. The first-order valence-corrected chi connectivity index (χ1v) is 6.01. The summed E-state index contributed by atoms with van der Waals surface area (Å²) >= 11 is 0. The van der Waals surface area contributed by atoms with Crippen LogP contribution in [0, 0.1) is 6.92 Å². The second-order valence-corrected chi connectivity index (χ2v) is 4.15. The number of nitrogens with zero attached hydrogens (tertiary/aromatic N) is 3. The maximum atomic E-state index is 11.2. The molecule has 0 aliphatic heterocycles. The summed E-state index contributed by atoms with van der Waals surface area (Å²) in [4.78, 5) is 21.0. The van der Waals surface area contributed by atoms with Crippen LogP contribution in [0.1, 0.15) is 22.8 Å². The molecule has 5 nitrogen and oxygen atoms in total. The van der Waals surface area contributed by atoms with Crippen molar-refractivity contribution in [3.63, 3.8) is 0 Å². The molecule has 0 radical (unpaired) electrons. The molecule has 0 spiro atoms. The SMILES string of the molecule is CCN(c1cccc(C)c1)c1ncncc1C(=O)O. The van der Waals surface area contributed by atoms with Gasteiger partial charge in [-0.25, -0.2) is 14.8 Å². The summed E-state index contributed by atoms with van der Waals surface area (Å²) in [6, 6.07) is 7.87. The lowest BCUT2D eigenvalue weighted by Crippen LogP contribution is -2.20. The second-order valence-electron chi connectivity index (χ2n) is 4.15. The number of aryl methyl sites for hydroxylation is 1. The molecular formula is C14H15N3O2. The lowest BCUT2D eigenvalue weighted by molar-refractivity contribution is 0.0697. The van der Waals surface area contributed by atoms with Crippen molar-refractivity contribution in [1.82, 2.24) is 9.97 Å². The van der Waals surface area contributed by atoms with Crippen LogP contribution in [0.15, 0.2) is 36.8 Å². The third kappa shape index (κ3) is 2.70. The number of rotatable bonds is 4. The number of benzene rings is 1. The Morgan fingerprint density at radius 3 is 2.84 bits per heavy atom. The summed E-state index contributed by atoms with van der Waals surface area (Å²) in [5.74, 6) is -0.614. The van der Waals surface area contributed by atoms with Gasteiger partial charge in [-0.2, -0.15) is 0 Å². The normalized spacial score (nSPS) is 10.2. The Bertz CT molecular complexity index is 599. The summed E-state index contributed by atoms with van der Waals surface area (Å²) in [5, 5.41) is 9.20. The predicted molar refractivity (Wildman–Crippen MR) is 72.9 cm³/mol. The number of carbonyl (C=O) groups is 1. The van der Waals surface area contributed by atoms with Gasteiger partial charge in [0.2, 0.25) is 0 Å². The van der Waals surface area contributed by atoms with Crippen LogP contribution in [0.3, 0.4) is 0 Å². The van der Waals surface area contributed by atoms with Gasteiger partial charge in [-0.05, 0) is 31.5 Å². The average molecular weight is 257 g/mol. The number of aromatic nitrogens is 2. The number of anilines is 2. The zero-order valence-electron chi connectivity index (χ0n) is 10.9. The summed E-state index contributed by atoms with van der Waals surface area (Å²) < 4.78 is 0. The van der Waals surface area contributed by atoms with Gasteiger partial charge in [-0.3, -0.25) is 0 Å². The topological polar surface area (TPSA) is 66.3 Å². The molecule has 2 aromatic rings. The van der Waals surface area contributed by atoms with Crippen LogP contribution >= 0.6 is 0 Å². The van der Waals surface area contributed by atoms with Crippen LogP contribution in [0.25, 0.3) is 0 Å². The maximum Gasteiger partial charge on any atom is 0.341 e. The molecule has 1 N–H and O–H groups in total. The van der Waals surface area contributed by atoms with Crippen LogP contribution in [-0.2, 0) is 0 Å². The number of carboxylic acids is 1. The van der Waals surface area contributed by atoms with E-state index in [4.69, 9.17) is 0 Å². The van der Waals surface area contributed by atoms with Crippen LogP contribution in [0.2, 0.25) is 0 Å². The Kier molecular flexibility index (Phi) is 3.75. The van der Waals surface area contributed by atoms with Crippen molar-refractivity contribution in [2.24, 2.45) is 0 Å². The molecule has 0 unspecified atom stereocenters. The smallest absolute Gasteiger partial charge is 0.341 e. The molecule has 1 aromatic heterocycles. The van der Waals surface area contributed by atoms with E-state index in [2.05, 4.69) is 9.97 Å². The molecule has 2 rings (SSSR count). The summed E-state index contributed by atoms with van der Waals surface area (Å²) in [6.45, 7) is 4.58. The van der Waals surface area contributed by atoms with Crippen molar-refractivity contribution in [3.8, 4) is 0 Å². The summed E-state index contributed by atoms with van der Waals surface area (Å²) in [7, 11) is 0. The van der Waals surface area contributed by atoms with Crippen LogP contribution in [0.5, 0.6) is 0 Å². The number of hydrogen-bond acceptors (Lipinski definition) is 4. The van der Waals surface area contributed by atoms with Gasteiger partial charge in [0.25, 0.3) is 0 Å². The highest BCUT2D eigenvalue weighted by molar-refractivity contribution is 5.93. The van der Waals surface area contributed by atoms with E-state index in [0.29, 0.717) is 12.4 Å². The number of hydrogen-bond donors (Lipinski definition) is 1. The van der Waals surface area contributed by atoms with Crippen molar-refractivity contribution in [2.75, 3.05) is 11.4 Å². The Morgan fingerprint density at radius 1 is 1.42 bits per heavy atom. The van der Waals surface area contributed by atoms with E-state index in [1.54, 1.807) is 0 Å². The minimum atomic E-state index is -1.03. The predicted octanol–water partition coefficient (Wildman–Crippen LogP) is 2.64. The molecule has 0 aliphatic rings. The van der Waals surface area contributed by atoms with Crippen molar-refractivity contribution < 1.29 is 9.90 Å². The van der Waals surface area contributed by atoms with Crippen molar-refractivity contribution >= 4 is 17.5 Å². The van der Waals surface area contributed by atoms with E-state index in [1.807, 2.05) is 43.0 Å². The lowest BCUT2D eigenvalue weighted by atomic mass is 10.2. The van der Waals surface area contributed by atoms with Crippen LogP contribution < -0.4 is 4.90 Å². The maximum absolute atomic E-state index is 11.2. The minimum absolute atomic E-state index is 0.103. The molecular weight excluding hydrogens is 242 g/mol. The molecule has 5 heteroatoms. The van der Waals surface area contributed by atoms with Gasteiger partial charge in [0.15, 0.2) is 5.82 Å². The van der Waals surface area contributed by atoms with Gasteiger partial charge in [0, 0.05) is 18.4 Å². The Balaban J connectivity index is 2.51. The van der Waals surface area contributed by atoms with Gasteiger partial charge >= 0.3 is 5.97 Å². The summed E-state index contributed by atoms with van der Waals surface area (Å²) in [5.41, 5.74) is 2.14. The molecule has 0 atom stereocenters. The Labute approximate surface area is 111 Å². The standard InChI is InChI=1S/C14H15N3O2/c1-3-17(11-6-4-5-10(2)7-11)13-12(14(18)19)8-15-9-16-13/h4-9H,3H2,1-2H3,(H,18,19). The largest absolute Gasteiger partial charge is 0.477 e. The van der Waals surface area contributed by atoms with Crippen molar-refractivity contribution in [2.45, 2.75) is 13.8 Å². The van der Waals surface area contributed by atoms with E-state index >= 15 is 0 Å². The molecule has 1 heterocycles. The Hall–Kier alpha value is -2.43. The van der Waals surface area contributed by atoms with Gasteiger partial charge in [-0.15, -0.1) is 0 Å². The third-order valence-corrected chi connectivity index (χ3v) is 2.81. The molecule has 0 aliphatic carbocycles. The monoisotopic (exact) mass is 257 g/mol. The molecule has 0 saturated carbocycles. The average Bonchev–Trinajstić information content (AvgIpc) is 2.40. The van der Waals surface area contributed by atoms with Gasteiger partial charge < -0.3 is 10.0 Å². The van der Waals surface area contributed by atoms with Gasteiger partial charge in [-0.1, -0.05) is 12.1 Å². The fraction of sp³-hybridized carbons (Fsp3) is 0.214. The first-order valence-electron chi connectivity index (χ1n) is 6.01. The van der Waals surface area contributed by atoms with Crippen molar-refractivity contribution in [3.05, 3.63) is 47.9 Å². The zero-order chi connectivity index (χ0) is 13.8. The molecule has 0 amide bonds. The van der Waals surface area contributed by atoms with Crippen molar-refractivity contribution in [1.29, 1.82) is 0 Å². The lowest BCUT2D eigenvalue weighted by Gasteiger charge is -2.23. The molecule has 98 valence electrons. The fourth-order valence-corrected chi connectivity index (χ4v) is 1.94. The van der Waals surface area contributed by atoms with Gasteiger partial charge in [0.05, 0.1) is 0 Å². The van der Waals surface area contributed by atoms with Crippen LogP contribution in [-0.4, -0.2) is 27.6 Å². The zero-order valence-corrected chi connectivity index (χ0v) is 10.9. The van der Waals surface area contributed by atoms with E-state index in [1.165, 1.54) is 12.5 Å². The molecule has 0 saturated heterocycles. The first-order chi connectivity index (χ1) is 9.13. The molecule has 19 heavy (non-hydrogen) atoms. The minimum Gasteiger partial charge on any atom is -0.477 e. The van der Waals surface area contributed by atoms with E-state index < -0.39 is 5.97 Å². The fourth-order valence-electron chi connectivity index (χ4n) is 1.94. The van der Waals surface area contributed by atoms with E-state index in [9.17, 15) is 9.90 Å². The summed E-state index contributed by atoms with van der Waals surface area (Å²) in [6.07, 6.45) is 2.68. The highest BCUT2D eigenvalue weighted by Gasteiger charge is 2.18. The number of carboxylic acid groups (broad SMARTS) is 1. The Morgan fingerprint density at radius 2 is 2.21 bits per heavy atom. The second kappa shape index (κ2) is 5.48. The van der Waals surface area contributed by atoms with Gasteiger partial charge in [0.1, 0.15) is 11.9 Å². The highest BCUT2D eigenvalue weighted by Crippen LogP contribution is 2.26. The van der Waals surface area contributed by atoms with E-state index in [-0.39, 0.29) is 5.56 Å². The first kappa shape index (κ1) is 13.0. The molecule has 1 aromatic carbocycles. The highest BCUT2D eigenvalue weighted by atomic mass is 16.4. The van der Waals surface area contributed by atoms with E-state index in [0.717, 1.165) is 11.3 Å². The number of aromatic carboxylic acids is 1. The third-order valence-electron chi connectivity index (χ3n) is 2.81. The molecule has 0 bridgehead atoms. The quantitative estimate of drug-likeness (QED) is 0.912. The van der Waals surface area contributed by atoms with Crippen LogP contribution in [0.4, 0.5) is 11.5 Å².